The molecule has 21 heavy (non-hydrogen) atoms. The van der Waals surface area contributed by atoms with E-state index in [1.54, 1.807) is 6.07 Å². The summed E-state index contributed by atoms with van der Waals surface area (Å²) in [7, 11) is 0. The quantitative estimate of drug-likeness (QED) is 0.747. The van der Waals surface area contributed by atoms with E-state index in [1.807, 2.05) is 18.2 Å². The minimum absolute atomic E-state index is 0.291. The number of ether oxygens (including phenoxy) is 1. The third-order valence-electron chi connectivity index (χ3n) is 3.24. The van der Waals surface area contributed by atoms with E-state index in [9.17, 15) is 4.39 Å². The molecule has 0 heterocycles. The summed E-state index contributed by atoms with van der Waals surface area (Å²) >= 11 is 3.31. The monoisotopic (exact) mass is 351 g/mol. The fourth-order valence-corrected chi connectivity index (χ4v) is 2.66. The van der Waals surface area contributed by atoms with Crippen molar-refractivity contribution in [3.63, 3.8) is 0 Å². The van der Waals surface area contributed by atoms with Gasteiger partial charge < -0.3 is 10.1 Å². The van der Waals surface area contributed by atoms with Crippen molar-refractivity contribution in [2.45, 2.75) is 26.3 Å². The molecule has 0 spiro atoms. The standard InChI is InChI=1S/C17H19BrFNO/c1-3-16(20-4-2)12-6-5-7-14(10-12)21-17-9-8-13(19)11-15(17)18/h5-11,16,20H,3-4H2,1-2H3. The minimum atomic E-state index is -0.291. The maximum absolute atomic E-state index is 13.1. The van der Waals surface area contributed by atoms with Crippen molar-refractivity contribution < 1.29 is 9.13 Å². The Balaban J connectivity index is 2.21. The number of halogens is 2. The SMILES string of the molecule is CCNC(CC)c1cccc(Oc2ccc(F)cc2Br)c1. The Morgan fingerprint density at radius 1 is 1.19 bits per heavy atom. The van der Waals surface area contributed by atoms with Gasteiger partial charge in [-0.3, -0.25) is 0 Å². The molecule has 2 nitrogen and oxygen atoms in total. The van der Waals surface area contributed by atoms with Crippen molar-refractivity contribution in [2.75, 3.05) is 6.54 Å². The third-order valence-corrected chi connectivity index (χ3v) is 3.86. The highest BCUT2D eigenvalue weighted by molar-refractivity contribution is 9.10. The van der Waals surface area contributed by atoms with Crippen molar-refractivity contribution in [1.82, 2.24) is 5.32 Å². The molecule has 0 bridgehead atoms. The van der Waals surface area contributed by atoms with Gasteiger partial charge >= 0.3 is 0 Å². The molecule has 1 atom stereocenters. The number of benzene rings is 2. The smallest absolute Gasteiger partial charge is 0.141 e. The lowest BCUT2D eigenvalue weighted by atomic mass is 10.0. The van der Waals surface area contributed by atoms with E-state index in [2.05, 4.69) is 41.2 Å². The summed E-state index contributed by atoms with van der Waals surface area (Å²) in [5, 5.41) is 3.44. The first kappa shape index (κ1) is 16.0. The van der Waals surface area contributed by atoms with Crippen molar-refractivity contribution in [3.8, 4) is 11.5 Å². The summed E-state index contributed by atoms with van der Waals surface area (Å²) < 4.78 is 19.5. The van der Waals surface area contributed by atoms with Crippen LogP contribution < -0.4 is 10.1 Å². The number of rotatable bonds is 6. The second-order valence-electron chi connectivity index (χ2n) is 4.77. The zero-order chi connectivity index (χ0) is 15.2. The third kappa shape index (κ3) is 4.29. The molecule has 2 rings (SSSR count). The second-order valence-corrected chi connectivity index (χ2v) is 5.62. The van der Waals surface area contributed by atoms with Gasteiger partial charge in [-0.2, -0.15) is 0 Å². The molecule has 0 aliphatic carbocycles. The van der Waals surface area contributed by atoms with E-state index in [-0.39, 0.29) is 5.82 Å². The molecule has 0 saturated carbocycles. The average Bonchev–Trinajstić information content (AvgIpc) is 2.48. The van der Waals surface area contributed by atoms with Gasteiger partial charge in [-0.05, 0) is 64.8 Å². The summed E-state index contributed by atoms with van der Waals surface area (Å²) in [6.07, 6.45) is 1.01. The van der Waals surface area contributed by atoms with Crippen LogP contribution in [0.5, 0.6) is 11.5 Å². The van der Waals surface area contributed by atoms with Gasteiger partial charge in [-0.1, -0.05) is 26.0 Å². The van der Waals surface area contributed by atoms with Gasteiger partial charge in [-0.15, -0.1) is 0 Å². The lowest BCUT2D eigenvalue weighted by Crippen LogP contribution is -2.19. The van der Waals surface area contributed by atoms with Crippen LogP contribution in [-0.2, 0) is 0 Å². The highest BCUT2D eigenvalue weighted by Crippen LogP contribution is 2.31. The molecule has 1 unspecified atom stereocenters. The van der Waals surface area contributed by atoms with Gasteiger partial charge in [0.05, 0.1) is 4.47 Å². The highest BCUT2D eigenvalue weighted by atomic mass is 79.9. The Morgan fingerprint density at radius 2 is 2.00 bits per heavy atom. The first-order valence-electron chi connectivity index (χ1n) is 7.10. The van der Waals surface area contributed by atoms with Gasteiger partial charge in [0.2, 0.25) is 0 Å². The zero-order valence-electron chi connectivity index (χ0n) is 12.2. The summed E-state index contributed by atoms with van der Waals surface area (Å²) in [5.74, 6) is 1.06. The number of hydrogen-bond donors (Lipinski definition) is 1. The van der Waals surface area contributed by atoms with Crippen molar-refractivity contribution in [2.24, 2.45) is 0 Å². The van der Waals surface area contributed by atoms with Crippen LogP contribution >= 0.6 is 15.9 Å². The number of hydrogen-bond acceptors (Lipinski definition) is 2. The Bertz CT molecular complexity index is 603. The number of nitrogens with one attached hydrogen (secondary N) is 1. The molecule has 0 amide bonds. The molecule has 112 valence electrons. The van der Waals surface area contributed by atoms with E-state index >= 15 is 0 Å². The maximum Gasteiger partial charge on any atom is 0.141 e. The first-order chi connectivity index (χ1) is 10.1. The van der Waals surface area contributed by atoms with Crippen LogP contribution in [0.1, 0.15) is 31.9 Å². The minimum Gasteiger partial charge on any atom is -0.456 e. The Hall–Kier alpha value is -1.39. The van der Waals surface area contributed by atoms with Crippen LogP contribution in [0.15, 0.2) is 46.9 Å². The van der Waals surface area contributed by atoms with E-state index in [0.717, 1.165) is 18.7 Å². The fourth-order valence-electron chi connectivity index (χ4n) is 2.22. The largest absolute Gasteiger partial charge is 0.456 e. The molecule has 0 aliphatic rings. The van der Waals surface area contributed by atoms with Crippen LogP contribution in [0.2, 0.25) is 0 Å². The van der Waals surface area contributed by atoms with Crippen LogP contribution in [0.4, 0.5) is 4.39 Å². The Kier molecular flexibility index (Phi) is 5.76. The van der Waals surface area contributed by atoms with Crippen LogP contribution in [0, 0.1) is 5.82 Å². The van der Waals surface area contributed by atoms with E-state index in [4.69, 9.17) is 4.74 Å². The zero-order valence-corrected chi connectivity index (χ0v) is 13.8. The fraction of sp³-hybridized carbons (Fsp3) is 0.294. The second kappa shape index (κ2) is 7.57. The maximum atomic E-state index is 13.1. The summed E-state index contributed by atoms with van der Waals surface area (Å²) in [4.78, 5) is 0. The highest BCUT2D eigenvalue weighted by Gasteiger charge is 2.10. The predicted octanol–water partition coefficient (Wildman–Crippen LogP) is 5.44. The molecule has 1 N–H and O–H groups in total. The van der Waals surface area contributed by atoms with Gasteiger partial charge in [0.25, 0.3) is 0 Å². The Morgan fingerprint density at radius 3 is 2.67 bits per heavy atom. The van der Waals surface area contributed by atoms with Crippen molar-refractivity contribution in [3.05, 3.63) is 58.3 Å². The van der Waals surface area contributed by atoms with Crippen LogP contribution in [0.3, 0.4) is 0 Å². The summed E-state index contributed by atoms with van der Waals surface area (Å²) in [5.41, 5.74) is 1.19. The Labute approximate surface area is 133 Å². The average molecular weight is 352 g/mol. The van der Waals surface area contributed by atoms with Gasteiger partial charge in [0.15, 0.2) is 0 Å². The molecule has 4 heteroatoms. The van der Waals surface area contributed by atoms with Crippen molar-refractivity contribution in [1.29, 1.82) is 0 Å². The molecule has 0 radical (unpaired) electrons. The molecular formula is C17H19BrFNO. The lowest BCUT2D eigenvalue weighted by molar-refractivity contribution is 0.473. The van der Waals surface area contributed by atoms with E-state index in [1.165, 1.54) is 17.7 Å². The molecule has 0 aliphatic heterocycles. The summed E-state index contributed by atoms with van der Waals surface area (Å²) in [6, 6.07) is 12.7. The van der Waals surface area contributed by atoms with Crippen LogP contribution in [-0.4, -0.2) is 6.54 Å². The molecule has 0 fully saturated rings. The summed E-state index contributed by atoms with van der Waals surface area (Å²) in [6.45, 7) is 5.17. The topological polar surface area (TPSA) is 21.3 Å². The van der Waals surface area contributed by atoms with Crippen molar-refractivity contribution >= 4 is 15.9 Å². The normalized spacial score (nSPS) is 12.2. The molecule has 2 aromatic rings. The van der Waals surface area contributed by atoms with Crippen LogP contribution in [0.25, 0.3) is 0 Å². The molecular weight excluding hydrogens is 333 g/mol. The molecule has 2 aromatic carbocycles. The van der Waals surface area contributed by atoms with Gasteiger partial charge in [-0.25, -0.2) is 4.39 Å². The lowest BCUT2D eigenvalue weighted by Gasteiger charge is -2.17. The van der Waals surface area contributed by atoms with Gasteiger partial charge in [0.1, 0.15) is 17.3 Å². The van der Waals surface area contributed by atoms with Gasteiger partial charge in [0, 0.05) is 6.04 Å². The molecule has 0 aromatic heterocycles. The van der Waals surface area contributed by atoms with E-state index in [0.29, 0.717) is 16.3 Å². The first-order valence-corrected chi connectivity index (χ1v) is 7.89. The predicted molar refractivity (Wildman–Crippen MR) is 87.3 cm³/mol. The molecule has 0 saturated heterocycles. The van der Waals surface area contributed by atoms with E-state index < -0.39 is 0 Å².